The van der Waals surface area contributed by atoms with Crippen LogP contribution >= 0.6 is 0 Å². The fraction of sp³-hybridized carbons (Fsp3) is 0.409. The third-order valence-corrected chi connectivity index (χ3v) is 7.49. The molecular weight excluding hydrogens is 405 g/mol. The Morgan fingerprint density at radius 3 is 2.07 bits per heavy atom. The SMILES string of the molecule is O=C(C(c1ccccc1)N1CCS(=O)(=O)CC1)N1CCN(c2ccccc2F)CC1. The predicted octanol–water partition coefficient (Wildman–Crippen LogP) is 1.95. The summed E-state index contributed by atoms with van der Waals surface area (Å²) < 4.78 is 37.8. The second-order valence-electron chi connectivity index (χ2n) is 7.76. The molecule has 0 aromatic heterocycles. The molecule has 2 aliphatic rings. The lowest BCUT2D eigenvalue weighted by atomic mass is 10.0. The molecule has 160 valence electrons. The van der Waals surface area contributed by atoms with E-state index in [1.165, 1.54) is 6.07 Å². The van der Waals surface area contributed by atoms with E-state index in [4.69, 9.17) is 0 Å². The molecule has 2 fully saturated rings. The van der Waals surface area contributed by atoms with Crippen LogP contribution in [0.15, 0.2) is 54.6 Å². The van der Waals surface area contributed by atoms with Crippen molar-refractivity contribution in [3.8, 4) is 0 Å². The molecule has 0 radical (unpaired) electrons. The topological polar surface area (TPSA) is 60.9 Å². The zero-order valence-corrected chi connectivity index (χ0v) is 17.6. The summed E-state index contributed by atoms with van der Waals surface area (Å²) in [6.45, 7) is 2.82. The molecule has 6 nitrogen and oxygen atoms in total. The van der Waals surface area contributed by atoms with Crippen LogP contribution in [0.25, 0.3) is 0 Å². The van der Waals surface area contributed by atoms with Gasteiger partial charge in [0.15, 0.2) is 9.84 Å². The van der Waals surface area contributed by atoms with Gasteiger partial charge in [-0.2, -0.15) is 0 Å². The maximum atomic E-state index is 14.1. The summed E-state index contributed by atoms with van der Waals surface area (Å²) in [6, 6.07) is 15.7. The summed E-state index contributed by atoms with van der Waals surface area (Å²) in [4.78, 5) is 19.3. The summed E-state index contributed by atoms with van der Waals surface area (Å²) in [5.74, 6) is -0.127. The van der Waals surface area contributed by atoms with Crippen molar-refractivity contribution in [2.75, 3.05) is 55.7 Å². The van der Waals surface area contributed by atoms with Gasteiger partial charge in [0.05, 0.1) is 17.2 Å². The number of rotatable bonds is 4. The minimum absolute atomic E-state index is 0.0197. The maximum Gasteiger partial charge on any atom is 0.244 e. The van der Waals surface area contributed by atoms with Crippen LogP contribution in [0, 0.1) is 5.82 Å². The molecule has 1 atom stereocenters. The van der Waals surface area contributed by atoms with Gasteiger partial charge in [-0.25, -0.2) is 12.8 Å². The predicted molar refractivity (Wildman–Crippen MR) is 115 cm³/mol. The molecule has 2 aliphatic heterocycles. The van der Waals surface area contributed by atoms with Gasteiger partial charge >= 0.3 is 0 Å². The Morgan fingerprint density at radius 2 is 1.43 bits per heavy atom. The van der Waals surface area contributed by atoms with Gasteiger partial charge in [0.25, 0.3) is 0 Å². The number of carbonyl (C=O) groups is 1. The number of sulfone groups is 1. The number of hydrogen-bond acceptors (Lipinski definition) is 5. The molecule has 0 saturated carbocycles. The highest BCUT2D eigenvalue weighted by atomic mass is 32.2. The fourth-order valence-corrected chi connectivity index (χ4v) is 5.41. The van der Waals surface area contributed by atoms with Gasteiger partial charge in [0.2, 0.25) is 5.91 Å². The molecule has 2 saturated heterocycles. The summed E-state index contributed by atoms with van der Waals surface area (Å²) in [5.41, 5.74) is 1.43. The van der Waals surface area contributed by atoms with Crippen LogP contribution in [0.3, 0.4) is 0 Å². The van der Waals surface area contributed by atoms with Gasteiger partial charge in [0, 0.05) is 39.3 Å². The number of halogens is 1. The Morgan fingerprint density at radius 1 is 0.833 bits per heavy atom. The van der Waals surface area contributed by atoms with Crippen LogP contribution in [-0.4, -0.2) is 74.9 Å². The van der Waals surface area contributed by atoms with Crippen LogP contribution < -0.4 is 4.90 Å². The standard InChI is InChI=1S/C22H26FN3O3S/c23-19-8-4-5-9-20(19)24-10-12-26(13-11-24)22(27)21(18-6-2-1-3-7-18)25-14-16-30(28,29)17-15-25/h1-9,21H,10-17H2. The lowest BCUT2D eigenvalue weighted by Crippen LogP contribution is -2.54. The van der Waals surface area contributed by atoms with Crippen molar-refractivity contribution in [1.82, 2.24) is 9.80 Å². The molecule has 0 spiro atoms. The minimum Gasteiger partial charge on any atom is -0.366 e. The first-order chi connectivity index (χ1) is 14.4. The summed E-state index contributed by atoms with van der Waals surface area (Å²) in [6.07, 6.45) is 0. The molecule has 0 aliphatic carbocycles. The molecule has 2 aromatic rings. The third kappa shape index (κ3) is 4.49. The Balaban J connectivity index is 1.49. The lowest BCUT2D eigenvalue weighted by Gasteiger charge is -2.40. The molecule has 8 heteroatoms. The molecule has 2 heterocycles. The van der Waals surface area contributed by atoms with Crippen LogP contribution in [0.2, 0.25) is 0 Å². The average molecular weight is 432 g/mol. The first-order valence-corrected chi connectivity index (χ1v) is 12.0. The second-order valence-corrected chi connectivity index (χ2v) is 10.1. The van der Waals surface area contributed by atoms with Gasteiger partial charge in [0.1, 0.15) is 11.9 Å². The Bertz CT molecular complexity index is 978. The monoisotopic (exact) mass is 431 g/mol. The quantitative estimate of drug-likeness (QED) is 0.741. The third-order valence-electron chi connectivity index (χ3n) is 5.88. The van der Waals surface area contributed by atoms with Crippen molar-refractivity contribution < 1.29 is 17.6 Å². The largest absolute Gasteiger partial charge is 0.366 e. The maximum absolute atomic E-state index is 14.1. The van der Waals surface area contributed by atoms with Gasteiger partial charge in [-0.3, -0.25) is 9.69 Å². The molecular formula is C22H26FN3O3S. The summed E-state index contributed by atoms with van der Waals surface area (Å²) in [5, 5.41) is 0. The lowest BCUT2D eigenvalue weighted by molar-refractivity contribution is -0.137. The number of hydrogen-bond donors (Lipinski definition) is 0. The normalized spacial score (nSPS) is 20.7. The summed E-state index contributed by atoms with van der Waals surface area (Å²) in [7, 11) is -3.03. The van der Waals surface area contributed by atoms with E-state index in [2.05, 4.69) is 0 Å². The molecule has 1 unspecified atom stereocenters. The Labute approximate surface area is 176 Å². The van der Waals surface area contributed by atoms with Gasteiger partial charge in [-0.05, 0) is 17.7 Å². The smallest absolute Gasteiger partial charge is 0.244 e. The average Bonchev–Trinajstić information content (AvgIpc) is 2.76. The highest BCUT2D eigenvalue weighted by Gasteiger charge is 2.36. The van der Waals surface area contributed by atoms with Crippen molar-refractivity contribution in [2.24, 2.45) is 0 Å². The van der Waals surface area contributed by atoms with E-state index >= 15 is 0 Å². The second kappa shape index (κ2) is 8.73. The van der Waals surface area contributed by atoms with E-state index in [0.29, 0.717) is 45.0 Å². The molecule has 4 rings (SSSR count). The number of carbonyl (C=O) groups excluding carboxylic acids is 1. The van der Waals surface area contributed by atoms with Crippen molar-refractivity contribution in [1.29, 1.82) is 0 Å². The first kappa shape index (κ1) is 20.8. The molecule has 1 amide bonds. The van der Waals surface area contributed by atoms with E-state index in [-0.39, 0.29) is 23.2 Å². The molecule has 30 heavy (non-hydrogen) atoms. The number of para-hydroxylation sites is 1. The van der Waals surface area contributed by atoms with Gasteiger partial charge in [-0.1, -0.05) is 42.5 Å². The highest BCUT2D eigenvalue weighted by molar-refractivity contribution is 7.91. The van der Waals surface area contributed by atoms with Crippen molar-refractivity contribution in [3.63, 3.8) is 0 Å². The van der Waals surface area contributed by atoms with Crippen molar-refractivity contribution in [3.05, 3.63) is 66.0 Å². The van der Waals surface area contributed by atoms with Crippen LogP contribution in [-0.2, 0) is 14.6 Å². The first-order valence-electron chi connectivity index (χ1n) is 10.2. The van der Waals surface area contributed by atoms with E-state index in [1.807, 2.05) is 51.1 Å². The number of nitrogens with zero attached hydrogens (tertiary/aromatic N) is 3. The van der Waals surface area contributed by atoms with Crippen LogP contribution in [0.4, 0.5) is 10.1 Å². The molecule has 0 bridgehead atoms. The number of piperazine rings is 1. The molecule has 0 N–H and O–H groups in total. The zero-order valence-electron chi connectivity index (χ0n) is 16.8. The number of amides is 1. The van der Waals surface area contributed by atoms with Gasteiger partial charge in [-0.15, -0.1) is 0 Å². The highest BCUT2D eigenvalue weighted by Crippen LogP contribution is 2.27. The fourth-order valence-electron chi connectivity index (χ4n) is 4.18. The number of anilines is 1. The van der Waals surface area contributed by atoms with E-state index in [9.17, 15) is 17.6 Å². The van der Waals surface area contributed by atoms with Crippen LogP contribution in [0.5, 0.6) is 0 Å². The van der Waals surface area contributed by atoms with Crippen molar-refractivity contribution in [2.45, 2.75) is 6.04 Å². The minimum atomic E-state index is -3.03. The van der Waals surface area contributed by atoms with E-state index < -0.39 is 15.9 Å². The van der Waals surface area contributed by atoms with E-state index in [1.54, 1.807) is 12.1 Å². The van der Waals surface area contributed by atoms with Gasteiger partial charge < -0.3 is 9.80 Å². The van der Waals surface area contributed by atoms with Crippen LogP contribution in [0.1, 0.15) is 11.6 Å². The van der Waals surface area contributed by atoms with E-state index in [0.717, 1.165) is 5.56 Å². The van der Waals surface area contributed by atoms with Crippen molar-refractivity contribution >= 4 is 21.4 Å². The Kier molecular flexibility index (Phi) is 6.06. The Hall–Kier alpha value is -2.45. The number of benzene rings is 2. The molecule has 2 aromatic carbocycles. The zero-order chi connectivity index (χ0) is 21.1. The summed E-state index contributed by atoms with van der Waals surface area (Å²) >= 11 is 0.